The number of carboxylic acids is 1. The lowest BCUT2D eigenvalue weighted by Crippen LogP contribution is -2.31. The summed E-state index contributed by atoms with van der Waals surface area (Å²) in [6.07, 6.45) is 3.97. The first kappa shape index (κ1) is 15.6. The number of carboxylic acid groups (broad SMARTS) is 1. The quantitative estimate of drug-likeness (QED) is 0.818. The summed E-state index contributed by atoms with van der Waals surface area (Å²) in [5, 5.41) is 8.57. The summed E-state index contributed by atoms with van der Waals surface area (Å²) in [5.41, 5.74) is 0.853. The van der Waals surface area contributed by atoms with E-state index in [1.54, 1.807) is 6.08 Å². The summed E-state index contributed by atoms with van der Waals surface area (Å²) >= 11 is 0. The topological polar surface area (TPSA) is 49.8 Å². The molecule has 2 rings (SSSR count). The van der Waals surface area contributed by atoms with E-state index in [0.717, 1.165) is 36.4 Å². The Bertz CT molecular complexity index is 495. The van der Waals surface area contributed by atoms with E-state index in [9.17, 15) is 4.79 Å². The Kier molecular flexibility index (Phi) is 5.39. The van der Waals surface area contributed by atoms with Crippen molar-refractivity contribution < 1.29 is 14.6 Å². The van der Waals surface area contributed by atoms with Crippen LogP contribution in [-0.4, -0.2) is 41.7 Å². The SMILES string of the molecule is CC1CC(C)N(CCOc2ccc(/C=C/C(=O)O)cc2)C1. The molecular weight excluding hydrogens is 266 g/mol. The molecule has 1 aromatic rings. The first-order valence-electron chi connectivity index (χ1n) is 7.42. The van der Waals surface area contributed by atoms with Crippen LogP contribution in [0.3, 0.4) is 0 Å². The predicted octanol–water partition coefficient (Wildman–Crippen LogP) is 2.89. The van der Waals surface area contributed by atoms with Gasteiger partial charge in [-0.2, -0.15) is 0 Å². The standard InChI is InChI=1S/C17H23NO3/c1-13-11-14(2)18(12-13)9-10-21-16-6-3-15(4-7-16)5-8-17(19)20/h3-8,13-14H,9-12H2,1-2H3,(H,19,20)/b8-5+. The second-order valence-electron chi connectivity index (χ2n) is 5.77. The van der Waals surface area contributed by atoms with Gasteiger partial charge in [0.25, 0.3) is 0 Å². The minimum absolute atomic E-state index is 0.645. The number of hydrogen-bond donors (Lipinski definition) is 1. The van der Waals surface area contributed by atoms with Gasteiger partial charge >= 0.3 is 5.97 Å². The fourth-order valence-corrected chi connectivity index (χ4v) is 2.82. The van der Waals surface area contributed by atoms with Gasteiger partial charge in [0.1, 0.15) is 12.4 Å². The zero-order valence-electron chi connectivity index (χ0n) is 12.7. The van der Waals surface area contributed by atoms with Crippen molar-refractivity contribution in [3.8, 4) is 5.75 Å². The van der Waals surface area contributed by atoms with Gasteiger partial charge in [0.2, 0.25) is 0 Å². The number of rotatable bonds is 6. The summed E-state index contributed by atoms with van der Waals surface area (Å²) in [7, 11) is 0. The fraction of sp³-hybridized carbons (Fsp3) is 0.471. The summed E-state index contributed by atoms with van der Waals surface area (Å²) in [5.74, 6) is 0.659. The van der Waals surface area contributed by atoms with Gasteiger partial charge in [0.05, 0.1) is 0 Å². The molecule has 0 radical (unpaired) electrons. The molecule has 0 saturated carbocycles. The third kappa shape index (κ3) is 4.90. The van der Waals surface area contributed by atoms with Gasteiger partial charge in [-0.05, 0) is 43.0 Å². The van der Waals surface area contributed by atoms with Crippen LogP contribution >= 0.6 is 0 Å². The van der Waals surface area contributed by atoms with E-state index in [2.05, 4.69) is 18.7 Å². The first-order chi connectivity index (χ1) is 10.0. The Morgan fingerprint density at radius 2 is 2.10 bits per heavy atom. The molecule has 2 unspecified atom stereocenters. The summed E-state index contributed by atoms with van der Waals surface area (Å²) in [4.78, 5) is 12.9. The van der Waals surface area contributed by atoms with Crippen LogP contribution in [0.4, 0.5) is 0 Å². The molecule has 1 N–H and O–H groups in total. The van der Waals surface area contributed by atoms with Gasteiger partial charge in [0.15, 0.2) is 0 Å². The molecule has 0 spiro atoms. The van der Waals surface area contributed by atoms with E-state index >= 15 is 0 Å². The smallest absolute Gasteiger partial charge is 0.328 e. The van der Waals surface area contributed by atoms with E-state index in [-0.39, 0.29) is 0 Å². The minimum Gasteiger partial charge on any atom is -0.492 e. The van der Waals surface area contributed by atoms with Crippen LogP contribution in [-0.2, 0) is 4.79 Å². The van der Waals surface area contributed by atoms with Crippen LogP contribution in [0.25, 0.3) is 6.08 Å². The van der Waals surface area contributed by atoms with Crippen LogP contribution in [0, 0.1) is 5.92 Å². The Morgan fingerprint density at radius 1 is 1.38 bits per heavy atom. The van der Waals surface area contributed by atoms with Crippen LogP contribution in [0.15, 0.2) is 30.3 Å². The third-order valence-corrected chi connectivity index (χ3v) is 3.86. The molecule has 0 bridgehead atoms. The fourth-order valence-electron chi connectivity index (χ4n) is 2.82. The van der Waals surface area contributed by atoms with E-state index in [1.807, 2.05) is 24.3 Å². The van der Waals surface area contributed by atoms with Crippen molar-refractivity contribution in [3.63, 3.8) is 0 Å². The van der Waals surface area contributed by atoms with Crippen LogP contribution in [0.5, 0.6) is 5.75 Å². The maximum atomic E-state index is 10.4. The van der Waals surface area contributed by atoms with Crippen molar-refractivity contribution in [2.45, 2.75) is 26.3 Å². The van der Waals surface area contributed by atoms with E-state index in [4.69, 9.17) is 9.84 Å². The van der Waals surface area contributed by atoms with Crippen molar-refractivity contribution in [2.75, 3.05) is 19.7 Å². The molecule has 0 amide bonds. The highest BCUT2D eigenvalue weighted by molar-refractivity contribution is 5.85. The Hall–Kier alpha value is -1.81. The molecule has 0 aromatic heterocycles. The van der Waals surface area contributed by atoms with E-state index < -0.39 is 5.97 Å². The van der Waals surface area contributed by atoms with Crippen molar-refractivity contribution in [1.29, 1.82) is 0 Å². The van der Waals surface area contributed by atoms with E-state index in [1.165, 1.54) is 6.42 Å². The lowest BCUT2D eigenvalue weighted by atomic mass is 10.1. The molecule has 1 aliphatic heterocycles. The van der Waals surface area contributed by atoms with Crippen molar-refractivity contribution >= 4 is 12.0 Å². The maximum Gasteiger partial charge on any atom is 0.328 e. The molecule has 1 saturated heterocycles. The van der Waals surface area contributed by atoms with Gasteiger partial charge in [-0.15, -0.1) is 0 Å². The number of benzene rings is 1. The van der Waals surface area contributed by atoms with Gasteiger partial charge in [-0.1, -0.05) is 19.1 Å². The van der Waals surface area contributed by atoms with Crippen LogP contribution in [0.2, 0.25) is 0 Å². The zero-order valence-corrected chi connectivity index (χ0v) is 12.7. The van der Waals surface area contributed by atoms with Gasteiger partial charge in [0, 0.05) is 25.2 Å². The van der Waals surface area contributed by atoms with Crippen LogP contribution in [0.1, 0.15) is 25.8 Å². The summed E-state index contributed by atoms with van der Waals surface area (Å²) < 4.78 is 5.75. The second-order valence-corrected chi connectivity index (χ2v) is 5.77. The summed E-state index contributed by atoms with van der Waals surface area (Å²) in [6, 6.07) is 8.10. The number of nitrogens with zero attached hydrogens (tertiary/aromatic N) is 1. The monoisotopic (exact) mass is 289 g/mol. The number of likely N-dealkylation sites (tertiary alicyclic amines) is 1. The number of aliphatic carboxylic acids is 1. The lowest BCUT2D eigenvalue weighted by molar-refractivity contribution is -0.131. The van der Waals surface area contributed by atoms with Crippen molar-refractivity contribution in [1.82, 2.24) is 4.90 Å². The molecule has 114 valence electrons. The zero-order chi connectivity index (χ0) is 15.2. The Labute approximate surface area is 126 Å². The first-order valence-corrected chi connectivity index (χ1v) is 7.42. The molecule has 4 nitrogen and oxygen atoms in total. The van der Waals surface area contributed by atoms with Crippen molar-refractivity contribution in [2.24, 2.45) is 5.92 Å². The normalized spacial score (nSPS) is 22.8. The van der Waals surface area contributed by atoms with Gasteiger partial charge < -0.3 is 9.84 Å². The largest absolute Gasteiger partial charge is 0.492 e. The maximum absolute atomic E-state index is 10.4. The Balaban J connectivity index is 1.77. The van der Waals surface area contributed by atoms with Gasteiger partial charge in [-0.25, -0.2) is 4.79 Å². The number of carbonyl (C=O) groups is 1. The van der Waals surface area contributed by atoms with Crippen molar-refractivity contribution in [3.05, 3.63) is 35.9 Å². The number of hydrogen-bond acceptors (Lipinski definition) is 3. The second kappa shape index (κ2) is 7.27. The van der Waals surface area contributed by atoms with E-state index in [0.29, 0.717) is 12.6 Å². The Morgan fingerprint density at radius 3 is 2.67 bits per heavy atom. The molecule has 1 fully saturated rings. The highest BCUT2D eigenvalue weighted by Crippen LogP contribution is 2.21. The van der Waals surface area contributed by atoms with Gasteiger partial charge in [-0.3, -0.25) is 4.90 Å². The molecular formula is C17H23NO3. The third-order valence-electron chi connectivity index (χ3n) is 3.86. The highest BCUT2D eigenvalue weighted by atomic mass is 16.5. The predicted molar refractivity (Wildman–Crippen MR) is 83.4 cm³/mol. The highest BCUT2D eigenvalue weighted by Gasteiger charge is 2.25. The molecule has 4 heteroatoms. The molecule has 2 atom stereocenters. The summed E-state index contributed by atoms with van der Waals surface area (Å²) in [6.45, 7) is 7.35. The lowest BCUT2D eigenvalue weighted by Gasteiger charge is -2.20. The molecule has 1 aliphatic rings. The molecule has 1 aromatic carbocycles. The average molecular weight is 289 g/mol. The average Bonchev–Trinajstić information content (AvgIpc) is 2.76. The molecule has 1 heterocycles. The van der Waals surface area contributed by atoms with Crippen LogP contribution < -0.4 is 4.74 Å². The minimum atomic E-state index is -0.940. The molecule has 21 heavy (non-hydrogen) atoms. The number of ether oxygens (including phenoxy) is 1. The molecule has 0 aliphatic carbocycles.